The Bertz CT molecular complexity index is 921. The number of nitro benzene ring substituents is 1. The van der Waals surface area contributed by atoms with Crippen LogP contribution in [0.5, 0.6) is 0 Å². The van der Waals surface area contributed by atoms with Crippen LogP contribution >= 0.6 is 0 Å². The number of benzene rings is 2. The number of amides is 1. The van der Waals surface area contributed by atoms with E-state index < -0.39 is 10.8 Å². The van der Waals surface area contributed by atoms with Crippen molar-refractivity contribution in [2.45, 2.75) is 13.5 Å². The number of nitrogens with one attached hydrogen (secondary N) is 1. The third kappa shape index (κ3) is 3.86. The second-order valence-electron chi connectivity index (χ2n) is 5.46. The summed E-state index contributed by atoms with van der Waals surface area (Å²) in [6.45, 7) is 2.13. The van der Waals surface area contributed by atoms with Gasteiger partial charge in [0.15, 0.2) is 0 Å². The second kappa shape index (κ2) is 6.91. The second-order valence-corrected chi connectivity index (χ2v) is 5.46. The van der Waals surface area contributed by atoms with Crippen LogP contribution in [-0.4, -0.2) is 25.6 Å². The fourth-order valence-electron chi connectivity index (χ4n) is 2.37. The molecule has 0 aliphatic heterocycles. The van der Waals surface area contributed by atoms with Gasteiger partial charge in [-0.3, -0.25) is 20.2 Å². The van der Waals surface area contributed by atoms with Crippen molar-refractivity contribution in [2.24, 2.45) is 0 Å². The maximum absolute atomic E-state index is 12.2. The van der Waals surface area contributed by atoms with Gasteiger partial charge in [0.1, 0.15) is 6.33 Å². The van der Waals surface area contributed by atoms with E-state index in [2.05, 4.69) is 15.4 Å². The van der Waals surface area contributed by atoms with E-state index in [9.17, 15) is 14.9 Å². The SMILES string of the molecule is Cc1cc(C(=O)Nc2ncn(Cc3ccccc3)n2)ccc1[N+](=O)[O-]. The zero-order chi connectivity index (χ0) is 17.8. The molecule has 0 unspecified atom stereocenters. The van der Waals surface area contributed by atoms with Crippen molar-refractivity contribution in [1.82, 2.24) is 14.8 Å². The summed E-state index contributed by atoms with van der Waals surface area (Å²) in [7, 11) is 0. The monoisotopic (exact) mass is 337 g/mol. The highest BCUT2D eigenvalue weighted by atomic mass is 16.6. The number of carbonyl (C=O) groups excluding carboxylic acids is 1. The molecule has 3 aromatic rings. The zero-order valence-corrected chi connectivity index (χ0v) is 13.4. The minimum atomic E-state index is -0.482. The van der Waals surface area contributed by atoms with Crippen LogP contribution in [0.4, 0.5) is 11.6 Å². The molecule has 0 aliphatic rings. The van der Waals surface area contributed by atoms with E-state index in [1.807, 2.05) is 30.3 Å². The molecule has 1 heterocycles. The molecule has 0 saturated heterocycles. The number of hydrogen-bond donors (Lipinski definition) is 1. The molecule has 0 fully saturated rings. The Kier molecular flexibility index (Phi) is 4.51. The van der Waals surface area contributed by atoms with Gasteiger partial charge in [0, 0.05) is 17.2 Å². The summed E-state index contributed by atoms with van der Waals surface area (Å²) in [5.74, 6) is -0.243. The number of hydrogen-bond acceptors (Lipinski definition) is 5. The molecule has 3 rings (SSSR count). The summed E-state index contributed by atoms with van der Waals surface area (Å²) in [6, 6.07) is 13.9. The summed E-state index contributed by atoms with van der Waals surface area (Å²) >= 11 is 0. The molecule has 25 heavy (non-hydrogen) atoms. The molecular weight excluding hydrogens is 322 g/mol. The van der Waals surface area contributed by atoms with Gasteiger partial charge >= 0.3 is 0 Å². The first-order valence-electron chi connectivity index (χ1n) is 7.52. The van der Waals surface area contributed by atoms with Crippen LogP contribution in [0.25, 0.3) is 0 Å². The van der Waals surface area contributed by atoms with E-state index in [1.165, 1.54) is 24.5 Å². The van der Waals surface area contributed by atoms with Crippen molar-refractivity contribution in [3.8, 4) is 0 Å². The number of nitro groups is 1. The first-order chi connectivity index (χ1) is 12.0. The van der Waals surface area contributed by atoms with Crippen LogP contribution < -0.4 is 5.32 Å². The van der Waals surface area contributed by atoms with Crippen molar-refractivity contribution in [3.63, 3.8) is 0 Å². The van der Waals surface area contributed by atoms with Crippen LogP contribution in [0.15, 0.2) is 54.9 Å². The van der Waals surface area contributed by atoms with Crippen molar-refractivity contribution in [2.75, 3.05) is 5.32 Å². The topological polar surface area (TPSA) is 103 Å². The Labute approximate surface area is 143 Å². The van der Waals surface area contributed by atoms with Gasteiger partial charge in [-0.15, -0.1) is 5.10 Å². The van der Waals surface area contributed by atoms with Gasteiger partial charge in [-0.2, -0.15) is 0 Å². The Balaban J connectivity index is 1.69. The lowest BCUT2D eigenvalue weighted by Crippen LogP contribution is -2.14. The summed E-state index contributed by atoms with van der Waals surface area (Å²) in [5, 5.41) is 17.6. The van der Waals surface area contributed by atoms with Crippen molar-refractivity contribution in [3.05, 3.63) is 81.7 Å². The van der Waals surface area contributed by atoms with Crippen LogP contribution in [-0.2, 0) is 6.54 Å². The predicted octanol–water partition coefficient (Wildman–Crippen LogP) is 2.80. The number of rotatable bonds is 5. The minimum absolute atomic E-state index is 0.0261. The fraction of sp³-hybridized carbons (Fsp3) is 0.118. The van der Waals surface area contributed by atoms with Gasteiger partial charge in [0.05, 0.1) is 11.5 Å². The van der Waals surface area contributed by atoms with E-state index in [0.29, 0.717) is 17.7 Å². The molecule has 126 valence electrons. The standard InChI is InChI=1S/C17H15N5O3/c1-12-9-14(7-8-15(12)22(24)25)16(23)19-17-18-11-21(20-17)10-13-5-3-2-4-6-13/h2-9,11H,10H2,1H3,(H,19,20,23). The van der Waals surface area contributed by atoms with Gasteiger partial charge in [-0.1, -0.05) is 30.3 Å². The van der Waals surface area contributed by atoms with Gasteiger partial charge in [-0.25, -0.2) is 9.67 Å². The van der Waals surface area contributed by atoms with Gasteiger partial charge in [0.25, 0.3) is 11.6 Å². The quantitative estimate of drug-likeness (QED) is 0.569. The van der Waals surface area contributed by atoms with E-state index in [1.54, 1.807) is 11.6 Å². The molecule has 0 radical (unpaired) electrons. The van der Waals surface area contributed by atoms with E-state index >= 15 is 0 Å². The molecule has 0 atom stereocenters. The highest BCUT2D eigenvalue weighted by molar-refractivity contribution is 6.03. The van der Waals surface area contributed by atoms with E-state index in [4.69, 9.17) is 0 Å². The highest BCUT2D eigenvalue weighted by Gasteiger charge is 2.15. The maximum atomic E-state index is 12.2. The van der Waals surface area contributed by atoms with Crippen LogP contribution in [0, 0.1) is 17.0 Å². The molecule has 0 bridgehead atoms. The molecule has 0 spiro atoms. The van der Waals surface area contributed by atoms with Gasteiger partial charge in [-0.05, 0) is 24.6 Å². The molecule has 0 saturated carbocycles. The Morgan fingerprint density at radius 3 is 2.68 bits per heavy atom. The van der Waals surface area contributed by atoms with E-state index in [0.717, 1.165) is 5.56 Å². The maximum Gasteiger partial charge on any atom is 0.272 e. The van der Waals surface area contributed by atoms with Crippen molar-refractivity contribution < 1.29 is 9.72 Å². The van der Waals surface area contributed by atoms with E-state index in [-0.39, 0.29) is 11.6 Å². The Morgan fingerprint density at radius 2 is 2.00 bits per heavy atom. The Hall–Kier alpha value is -3.55. The first-order valence-corrected chi connectivity index (χ1v) is 7.52. The van der Waals surface area contributed by atoms with Crippen molar-refractivity contribution >= 4 is 17.5 Å². The predicted molar refractivity (Wildman–Crippen MR) is 91.4 cm³/mol. The van der Waals surface area contributed by atoms with Gasteiger partial charge < -0.3 is 0 Å². The molecule has 2 aromatic carbocycles. The number of anilines is 1. The molecule has 8 nitrogen and oxygen atoms in total. The number of aromatic nitrogens is 3. The molecule has 1 aromatic heterocycles. The third-order valence-corrected chi connectivity index (χ3v) is 3.60. The molecule has 1 amide bonds. The molecule has 8 heteroatoms. The molecular formula is C17H15N5O3. The average molecular weight is 337 g/mol. The summed E-state index contributed by atoms with van der Waals surface area (Å²) in [5.41, 5.74) is 1.76. The summed E-state index contributed by atoms with van der Waals surface area (Å²) < 4.78 is 1.62. The minimum Gasteiger partial charge on any atom is -0.289 e. The molecule has 0 aliphatic carbocycles. The van der Waals surface area contributed by atoms with Crippen LogP contribution in [0.3, 0.4) is 0 Å². The summed E-state index contributed by atoms with van der Waals surface area (Å²) in [6.07, 6.45) is 1.53. The van der Waals surface area contributed by atoms with Crippen LogP contribution in [0.1, 0.15) is 21.5 Å². The Morgan fingerprint density at radius 1 is 1.24 bits per heavy atom. The van der Waals surface area contributed by atoms with Gasteiger partial charge in [0.2, 0.25) is 5.95 Å². The normalized spacial score (nSPS) is 10.4. The summed E-state index contributed by atoms with van der Waals surface area (Å²) in [4.78, 5) is 26.6. The zero-order valence-electron chi connectivity index (χ0n) is 13.4. The smallest absolute Gasteiger partial charge is 0.272 e. The first kappa shape index (κ1) is 16.3. The average Bonchev–Trinajstić information content (AvgIpc) is 3.02. The number of carbonyl (C=O) groups is 1. The highest BCUT2D eigenvalue weighted by Crippen LogP contribution is 2.19. The third-order valence-electron chi connectivity index (χ3n) is 3.60. The van der Waals surface area contributed by atoms with Crippen molar-refractivity contribution in [1.29, 1.82) is 0 Å². The lowest BCUT2D eigenvalue weighted by molar-refractivity contribution is -0.385. The lowest BCUT2D eigenvalue weighted by atomic mass is 10.1. The number of aryl methyl sites for hydroxylation is 1. The lowest BCUT2D eigenvalue weighted by Gasteiger charge is -2.03. The van der Waals surface area contributed by atoms with Crippen LogP contribution in [0.2, 0.25) is 0 Å². The molecule has 1 N–H and O–H groups in total. The largest absolute Gasteiger partial charge is 0.289 e. The fourth-order valence-corrected chi connectivity index (χ4v) is 2.37. The number of nitrogens with zero attached hydrogens (tertiary/aromatic N) is 4.